The number of halogens is 1. The van der Waals surface area contributed by atoms with Crippen molar-refractivity contribution in [2.75, 3.05) is 27.3 Å². The average molecular weight is 403 g/mol. The SMILES string of the molecule is COc1ccc(C2CCCN2CC(=O)NC(C)c2ccc(Cl)cc2)cc1OC. The number of benzene rings is 2. The zero-order chi connectivity index (χ0) is 20.1. The lowest BCUT2D eigenvalue weighted by Gasteiger charge is -2.26. The first-order valence-corrected chi connectivity index (χ1v) is 9.90. The number of amides is 1. The molecule has 2 aromatic carbocycles. The van der Waals surface area contributed by atoms with Crippen molar-refractivity contribution in [3.63, 3.8) is 0 Å². The third-order valence-corrected chi connectivity index (χ3v) is 5.50. The van der Waals surface area contributed by atoms with Gasteiger partial charge in [0.15, 0.2) is 11.5 Å². The summed E-state index contributed by atoms with van der Waals surface area (Å²) in [6, 6.07) is 13.7. The molecule has 0 spiro atoms. The van der Waals surface area contributed by atoms with Crippen molar-refractivity contribution >= 4 is 17.5 Å². The first-order valence-electron chi connectivity index (χ1n) is 9.52. The van der Waals surface area contributed by atoms with E-state index in [2.05, 4.69) is 16.3 Å². The van der Waals surface area contributed by atoms with E-state index in [1.165, 1.54) is 0 Å². The van der Waals surface area contributed by atoms with Crippen molar-refractivity contribution in [2.45, 2.75) is 31.8 Å². The third-order valence-electron chi connectivity index (χ3n) is 5.25. The summed E-state index contributed by atoms with van der Waals surface area (Å²) >= 11 is 5.94. The number of hydrogen-bond donors (Lipinski definition) is 1. The Balaban J connectivity index is 1.64. The van der Waals surface area contributed by atoms with Crippen molar-refractivity contribution in [3.8, 4) is 11.5 Å². The molecule has 1 amide bonds. The van der Waals surface area contributed by atoms with Crippen LogP contribution in [0.3, 0.4) is 0 Å². The number of methoxy groups -OCH3 is 2. The topological polar surface area (TPSA) is 50.8 Å². The molecule has 0 bridgehead atoms. The Labute approximate surface area is 171 Å². The molecule has 150 valence electrons. The standard InChI is InChI=1S/C22H27ClN2O3/c1-15(16-6-9-18(23)10-7-16)24-22(26)14-25-12-4-5-19(25)17-8-11-20(27-2)21(13-17)28-3/h6-11,13,15,19H,4-5,12,14H2,1-3H3,(H,24,26). The van der Waals surface area contributed by atoms with E-state index in [9.17, 15) is 4.79 Å². The normalized spacial score (nSPS) is 17.9. The van der Waals surface area contributed by atoms with Crippen molar-refractivity contribution in [1.29, 1.82) is 0 Å². The quantitative estimate of drug-likeness (QED) is 0.747. The summed E-state index contributed by atoms with van der Waals surface area (Å²) in [4.78, 5) is 14.9. The molecule has 1 aliphatic heterocycles. The molecule has 0 radical (unpaired) electrons. The van der Waals surface area contributed by atoms with Crippen LogP contribution >= 0.6 is 11.6 Å². The molecule has 6 heteroatoms. The molecule has 28 heavy (non-hydrogen) atoms. The van der Waals surface area contributed by atoms with Gasteiger partial charge in [0, 0.05) is 11.1 Å². The summed E-state index contributed by atoms with van der Waals surface area (Å²) in [5, 5.41) is 3.78. The molecule has 1 saturated heterocycles. The van der Waals surface area contributed by atoms with Gasteiger partial charge in [0.25, 0.3) is 0 Å². The molecule has 1 heterocycles. The summed E-state index contributed by atoms with van der Waals surface area (Å²) in [5.41, 5.74) is 2.18. The highest BCUT2D eigenvalue weighted by atomic mass is 35.5. The maximum absolute atomic E-state index is 12.6. The van der Waals surface area contributed by atoms with Crippen molar-refractivity contribution < 1.29 is 14.3 Å². The number of likely N-dealkylation sites (tertiary alicyclic amines) is 1. The van der Waals surface area contributed by atoms with Crippen LogP contribution in [-0.4, -0.2) is 38.1 Å². The molecule has 1 aliphatic rings. The Morgan fingerprint density at radius 2 is 1.89 bits per heavy atom. The maximum atomic E-state index is 12.6. The maximum Gasteiger partial charge on any atom is 0.234 e. The minimum absolute atomic E-state index is 0.0230. The Kier molecular flexibility index (Phi) is 6.81. The molecule has 1 N–H and O–H groups in total. The van der Waals surface area contributed by atoms with Crippen LogP contribution < -0.4 is 14.8 Å². The summed E-state index contributed by atoms with van der Waals surface area (Å²) in [6.07, 6.45) is 2.09. The molecule has 0 aromatic heterocycles. The Bertz CT molecular complexity index is 810. The van der Waals surface area contributed by atoms with E-state index >= 15 is 0 Å². The second-order valence-corrected chi connectivity index (χ2v) is 7.52. The monoisotopic (exact) mass is 402 g/mol. The predicted molar refractivity (Wildman–Crippen MR) is 111 cm³/mol. The number of carbonyl (C=O) groups excluding carboxylic acids is 1. The summed E-state index contributed by atoms with van der Waals surface area (Å²) < 4.78 is 10.8. The van der Waals surface area contributed by atoms with Crippen LogP contribution in [0.5, 0.6) is 11.5 Å². The number of nitrogens with zero attached hydrogens (tertiary/aromatic N) is 1. The minimum Gasteiger partial charge on any atom is -0.493 e. The lowest BCUT2D eigenvalue weighted by atomic mass is 10.0. The van der Waals surface area contributed by atoms with Crippen LogP contribution in [0.15, 0.2) is 42.5 Å². The number of hydrogen-bond acceptors (Lipinski definition) is 4. The molecule has 0 saturated carbocycles. The molecule has 0 aliphatic carbocycles. The fourth-order valence-corrected chi connectivity index (χ4v) is 3.89. The third kappa shape index (κ3) is 4.78. The number of carbonyl (C=O) groups is 1. The molecular weight excluding hydrogens is 376 g/mol. The van der Waals surface area contributed by atoms with Gasteiger partial charge in [-0.3, -0.25) is 9.69 Å². The molecule has 2 unspecified atom stereocenters. The molecule has 2 aromatic rings. The second-order valence-electron chi connectivity index (χ2n) is 7.08. The molecular formula is C22H27ClN2O3. The van der Waals surface area contributed by atoms with Crippen LogP contribution in [0.25, 0.3) is 0 Å². The number of rotatable bonds is 7. The van der Waals surface area contributed by atoms with E-state index < -0.39 is 0 Å². The van der Waals surface area contributed by atoms with Crippen molar-refractivity contribution in [3.05, 3.63) is 58.6 Å². The van der Waals surface area contributed by atoms with Crippen molar-refractivity contribution in [2.24, 2.45) is 0 Å². The number of ether oxygens (including phenoxy) is 2. The van der Waals surface area contributed by atoms with Gasteiger partial charge >= 0.3 is 0 Å². The highest BCUT2D eigenvalue weighted by Gasteiger charge is 2.28. The minimum atomic E-state index is -0.0631. The van der Waals surface area contributed by atoms with Gasteiger partial charge in [0.2, 0.25) is 5.91 Å². The van der Waals surface area contributed by atoms with Gasteiger partial charge in [0.05, 0.1) is 26.8 Å². The van der Waals surface area contributed by atoms with E-state index in [1.807, 2.05) is 43.3 Å². The van der Waals surface area contributed by atoms with E-state index in [-0.39, 0.29) is 18.0 Å². The lowest BCUT2D eigenvalue weighted by Crippen LogP contribution is -2.38. The van der Waals surface area contributed by atoms with E-state index in [1.54, 1.807) is 14.2 Å². The highest BCUT2D eigenvalue weighted by Crippen LogP contribution is 2.36. The number of nitrogens with one attached hydrogen (secondary N) is 1. The van der Waals surface area contributed by atoms with Gasteiger partial charge in [-0.2, -0.15) is 0 Å². The summed E-state index contributed by atoms with van der Waals surface area (Å²) in [7, 11) is 3.27. The zero-order valence-corrected chi connectivity index (χ0v) is 17.3. The van der Waals surface area contributed by atoms with Gasteiger partial charge in [-0.05, 0) is 61.7 Å². The van der Waals surface area contributed by atoms with Gasteiger partial charge in [-0.15, -0.1) is 0 Å². The van der Waals surface area contributed by atoms with Gasteiger partial charge in [-0.1, -0.05) is 29.8 Å². The zero-order valence-electron chi connectivity index (χ0n) is 16.6. The van der Waals surface area contributed by atoms with Crippen LogP contribution in [0.2, 0.25) is 5.02 Å². The first kappa shape index (κ1) is 20.5. The summed E-state index contributed by atoms with van der Waals surface area (Å²) in [6.45, 7) is 3.26. The summed E-state index contributed by atoms with van der Waals surface area (Å²) in [5.74, 6) is 1.45. The van der Waals surface area contributed by atoms with Gasteiger partial charge in [-0.25, -0.2) is 0 Å². The fourth-order valence-electron chi connectivity index (χ4n) is 3.76. The molecule has 1 fully saturated rings. The average Bonchev–Trinajstić information content (AvgIpc) is 3.15. The Morgan fingerprint density at radius 3 is 2.57 bits per heavy atom. The van der Waals surface area contributed by atoms with Crippen LogP contribution in [0, 0.1) is 0 Å². The largest absolute Gasteiger partial charge is 0.493 e. The second kappa shape index (κ2) is 9.30. The molecule has 2 atom stereocenters. The van der Waals surface area contributed by atoms with E-state index in [0.29, 0.717) is 23.1 Å². The predicted octanol–water partition coefficient (Wildman–Crippen LogP) is 4.37. The van der Waals surface area contributed by atoms with Crippen molar-refractivity contribution in [1.82, 2.24) is 10.2 Å². The Morgan fingerprint density at radius 1 is 1.18 bits per heavy atom. The molecule has 3 rings (SSSR count). The van der Waals surface area contributed by atoms with E-state index in [0.717, 1.165) is 30.5 Å². The van der Waals surface area contributed by atoms with Crippen LogP contribution in [-0.2, 0) is 4.79 Å². The smallest absolute Gasteiger partial charge is 0.234 e. The van der Waals surface area contributed by atoms with Crippen LogP contribution in [0.4, 0.5) is 0 Å². The lowest BCUT2D eigenvalue weighted by molar-refractivity contribution is -0.123. The van der Waals surface area contributed by atoms with Crippen LogP contribution in [0.1, 0.15) is 43.0 Å². The van der Waals surface area contributed by atoms with E-state index in [4.69, 9.17) is 21.1 Å². The first-order chi connectivity index (χ1) is 13.5. The van der Waals surface area contributed by atoms with Gasteiger partial charge < -0.3 is 14.8 Å². The van der Waals surface area contributed by atoms with Gasteiger partial charge in [0.1, 0.15) is 0 Å². The highest BCUT2D eigenvalue weighted by molar-refractivity contribution is 6.30. The molecule has 5 nitrogen and oxygen atoms in total. The fraction of sp³-hybridized carbons (Fsp3) is 0.409. The Hall–Kier alpha value is -2.24.